The van der Waals surface area contributed by atoms with Crippen LogP contribution in [0, 0.1) is 0 Å². The van der Waals surface area contributed by atoms with Gasteiger partial charge in [-0.2, -0.15) is 0 Å². The van der Waals surface area contributed by atoms with Crippen LogP contribution in [0.1, 0.15) is 24.8 Å². The molecule has 2 fully saturated rings. The maximum Gasteiger partial charge on any atom is 0.327 e. The van der Waals surface area contributed by atoms with E-state index in [9.17, 15) is 14.7 Å². The first kappa shape index (κ1) is 14.7. The van der Waals surface area contributed by atoms with Gasteiger partial charge in [-0.3, -0.25) is 4.79 Å². The third kappa shape index (κ3) is 2.42. The summed E-state index contributed by atoms with van der Waals surface area (Å²) in [6.45, 7) is 0. The third-order valence-corrected chi connectivity index (χ3v) is 5.67. The first-order valence-corrected chi connectivity index (χ1v) is 8.45. The van der Waals surface area contributed by atoms with Gasteiger partial charge in [0.05, 0.1) is 11.3 Å². The van der Waals surface area contributed by atoms with E-state index in [1.54, 1.807) is 6.07 Å². The molecule has 1 aliphatic heterocycles. The molecule has 112 valence electrons. The molecule has 1 amide bonds. The zero-order valence-corrected chi connectivity index (χ0v) is 13.0. The van der Waals surface area contributed by atoms with Gasteiger partial charge in [-0.05, 0) is 30.5 Å². The highest BCUT2D eigenvalue weighted by molar-refractivity contribution is 7.99. The average Bonchev–Trinajstić information content (AvgIpc) is 2.86. The number of hydrogen-bond donors (Lipinski definition) is 1. The van der Waals surface area contributed by atoms with E-state index in [2.05, 4.69) is 0 Å². The number of thioether (sulfide) groups is 1. The Hall–Kier alpha value is -1.20. The van der Waals surface area contributed by atoms with Gasteiger partial charge in [-0.1, -0.05) is 30.2 Å². The minimum Gasteiger partial charge on any atom is -0.480 e. The Labute approximate surface area is 132 Å². The van der Waals surface area contributed by atoms with Gasteiger partial charge in [0.15, 0.2) is 0 Å². The minimum atomic E-state index is -0.922. The normalized spacial score (nSPS) is 23.7. The molecule has 1 heterocycles. The quantitative estimate of drug-likeness (QED) is 0.928. The standard InChI is InChI=1S/C15H16ClNO3S/c16-11-4-1-3-10(7-11)15(5-2-6-15)14(20)17-9-21-8-12(17)13(18)19/h1,3-4,7,12H,2,5-6,8-9H2,(H,18,19)/t12-/m0/s1. The fourth-order valence-electron chi connectivity index (χ4n) is 3.06. The van der Waals surface area contributed by atoms with E-state index in [1.165, 1.54) is 16.7 Å². The summed E-state index contributed by atoms with van der Waals surface area (Å²) >= 11 is 7.55. The fraction of sp³-hybridized carbons (Fsp3) is 0.467. The van der Waals surface area contributed by atoms with Crippen LogP contribution in [0.25, 0.3) is 0 Å². The summed E-state index contributed by atoms with van der Waals surface area (Å²) in [4.78, 5) is 25.8. The van der Waals surface area contributed by atoms with Gasteiger partial charge in [0.1, 0.15) is 6.04 Å². The zero-order valence-electron chi connectivity index (χ0n) is 11.4. The molecule has 1 aliphatic carbocycles. The number of aliphatic carboxylic acids is 1. The molecule has 21 heavy (non-hydrogen) atoms. The van der Waals surface area contributed by atoms with E-state index in [0.29, 0.717) is 16.7 Å². The minimum absolute atomic E-state index is 0.0617. The number of benzene rings is 1. The van der Waals surface area contributed by atoms with Gasteiger partial charge >= 0.3 is 5.97 Å². The topological polar surface area (TPSA) is 57.6 Å². The van der Waals surface area contributed by atoms with Gasteiger partial charge in [-0.15, -0.1) is 11.8 Å². The number of carbonyl (C=O) groups is 2. The lowest BCUT2D eigenvalue weighted by molar-refractivity contribution is -0.152. The van der Waals surface area contributed by atoms with Crippen LogP contribution in [0.3, 0.4) is 0 Å². The summed E-state index contributed by atoms with van der Waals surface area (Å²) in [6.07, 6.45) is 2.51. The molecule has 0 unspecified atom stereocenters. The Morgan fingerprint density at radius 2 is 2.14 bits per heavy atom. The van der Waals surface area contributed by atoms with Crippen LogP contribution in [-0.4, -0.2) is 39.6 Å². The van der Waals surface area contributed by atoms with Crippen LogP contribution in [0.2, 0.25) is 5.02 Å². The van der Waals surface area contributed by atoms with Crippen LogP contribution in [0.15, 0.2) is 24.3 Å². The molecule has 0 aromatic heterocycles. The second-order valence-electron chi connectivity index (χ2n) is 5.57. The Kier molecular flexibility index (Phi) is 3.88. The van der Waals surface area contributed by atoms with Gasteiger partial charge in [0.2, 0.25) is 5.91 Å². The maximum absolute atomic E-state index is 13.0. The number of carboxylic acid groups (broad SMARTS) is 1. The van der Waals surface area contributed by atoms with E-state index in [1.807, 2.05) is 18.2 Å². The monoisotopic (exact) mass is 325 g/mol. The first-order valence-electron chi connectivity index (χ1n) is 6.92. The van der Waals surface area contributed by atoms with Gasteiger partial charge in [0, 0.05) is 10.8 Å². The molecule has 0 radical (unpaired) electrons. The highest BCUT2D eigenvalue weighted by Crippen LogP contribution is 2.46. The lowest BCUT2D eigenvalue weighted by atomic mass is 9.63. The van der Waals surface area contributed by atoms with Gasteiger partial charge in [0.25, 0.3) is 0 Å². The second-order valence-corrected chi connectivity index (χ2v) is 7.01. The molecule has 3 rings (SSSR count). The van der Waals surface area contributed by atoms with E-state index in [0.717, 1.165) is 24.8 Å². The van der Waals surface area contributed by atoms with Crippen molar-refractivity contribution in [1.82, 2.24) is 4.90 Å². The largest absolute Gasteiger partial charge is 0.480 e. The predicted octanol–water partition coefficient (Wildman–Crippen LogP) is 2.75. The van der Waals surface area contributed by atoms with Crippen molar-refractivity contribution < 1.29 is 14.7 Å². The molecule has 0 bridgehead atoms. The molecule has 4 nitrogen and oxygen atoms in total. The molecule has 0 spiro atoms. The first-order chi connectivity index (χ1) is 10.0. The van der Waals surface area contributed by atoms with Crippen molar-refractivity contribution in [1.29, 1.82) is 0 Å². The molecule has 1 aromatic rings. The van der Waals surface area contributed by atoms with Gasteiger partial charge in [-0.25, -0.2) is 4.79 Å². The highest BCUT2D eigenvalue weighted by atomic mass is 35.5. The van der Waals surface area contributed by atoms with E-state index in [-0.39, 0.29) is 5.91 Å². The number of halogens is 1. The van der Waals surface area contributed by atoms with Gasteiger partial charge < -0.3 is 10.0 Å². The molecule has 2 aliphatic rings. The van der Waals surface area contributed by atoms with Crippen LogP contribution in [-0.2, 0) is 15.0 Å². The molecular weight excluding hydrogens is 310 g/mol. The highest BCUT2D eigenvalue weighted by Gasteiger charge is 2.50. The average molecular weight is 326 g/mol. The van der Waals surface area contributed by atoms with Crippen LogP contribution in [0.4, 0.5) is 0 Å². The summed E-state index contributed by atoms with van der Waals surface area (Å²) in [7, 11) is 0. The number of nitrogens with zero attached hydrogens (tertiary/aromatic N) is 1. The van der Waals surface area contributed by atoms with Crippen LogP contribution in [0.5, 0.6) is 0 Å². The number of rotatable bonds is 3. The van der Waals surface area contributed by atoms with Crippen molar-refractivity contribution in [3.05, 3.63) is 34.9 Å². The van der Waals surface area contributed by atoms with Crippen LogP contribution < -0.4 is 0 Å². The van der Waals surface area contributed by atoms with Crippen molar-refractivity contribution in [3.8, 4) is 0 Å². The lowest BCUT2D eigenvalue weighted by Crippen LogP contribution is -2.54. The molecule has 1 saturated heterocycles. The molecule has 1 atom stereocenters. The SMILES string of the molecule is O=C(O)[C@@H]1CSCN1C(=O)C1(c2cccc(Cl)c2)CCC1. The van der Waals surface area contributed by atoms with Crippen LogP contribution >= 0.6 is 23.4 Å². The molecular formula is C15H16ClNO3S. The van der Waals surface area contributed by atoms with Crippen molar-refractivity contribution in [3.63, 3.8) is 0 Å². The summed E-state index contributed by atoms with van der Waals surface area (Å²) in [5, 5.41) is 9.88. The van der Waals surface area contributed by atoms with Crippen molar-refractivity contribution >= 4 is 35.2 Å². The van der Waals surface area contributed by atoms with Crippen molar-refractivity contribution in [2.45, 2.75) is 30.7 Å². The zero-order chi connectivity index (χ0) is 15.0. The summed E-state index contributed by atoms with van der Waals surface area (Å²) in [5.74, 6) is -0.0625. The Morgan fingerprint density at radius 3 is 2.71 bits per heavy atom. The fourth-order valence-corrected chi connectivity index (χ4v) is 4.40. The maximum atomic E-state index is 13.0. The number of hydrogen-bond acceptors (Lipinski definition) is 3. The van der Waals surface area contributed by atoms with Crippen molar-refractivity contribution in [2.24, 2.45) is 0 Å². The third-order valence-electron chi connectivity index (χ3n) is 4.42. The molecule has 1 aromatic carbocycles. The van der Waals surface area contributed by atoms with E-state index >= 15 is 0 Å². The Bertz CT molecular complexity index is 588. The molecule has 1 saturated carbocycles. The van der Waals surface area contributed by atoms with Crippen molar-refractivity contribution in [2.75, 3.05) is 11.6 Å². The van der Waals surface area contributed by atoms with E-state index < -0.39 is 17.4 Å². The summed E-state index contributed by atoms with van der Waals surface area (Å²) in [5.41, 5.74) is 0.330. The number of carboxylic acids is 1. The predicted molar refractivity (Wildman–Crippen MR) is 82.6 cm³/mol. The number of amides is 1. The summed E-state index contributed by atoms with van der Waals surface area (Å²) in [6, 6.07) is 6.67. The smallest absolute Gasteiger partial charge is 0.327 e. The summed E-state index contributed by atoms with van der Waals surface area (Å²) < 4.78 is 0. The Morgan fingerprint density at radius 1 is 1.38 bits per heavy atom. The molecule has 1 N–H and O–H groups in total. The lowest BCUT2D eigenvalue weighted by Gasteiger charge is -2.43. The van der Waals surface area contributed by atoms with E-state index in [4.69, 9.17) is 11.6 Å². The second kappa shape index (κ2) is 5.54. The Balaban J connectivity index is 1.92. The molecule has 6 heteroatoms. The number of carbonyl (C=O) groups excluding carboxylic acids is 1.